The zero-order chi connectivity index (χ0) is 16.1. The summed E-state index contributed by atoms with van der Waals surface area (Å²) in [6.07, 6.45) is 2.79. The number of aliphatic hydroxyl groups is 1. The number of carbonyl (C=O) groups is 1. The number of rotatable bonds is 6. The molecule has 0 radical (unpaired) electrons. The molecular formula is C17H25N3O2. The maximum atomic E-state index is 11.8. The fourth-order valence-corrected chi connectivity index (χ4v) is 2.52. The number of aromatic amines is 1. The van der Waals surface area contributed by atoms with Crippen LogP contribution < -0.4 is 10.6 Å². The van der Waals surface area contributed by atoms with Crippen molar-refractivity contribution >= 4 is 16.9 Å². The van der Waals surface area contributed by atoms with Gasteiger partial charge in [0.2, 0.25) is 0 Å². The molecule has 1 heterocycles. The molecule has 2 rings (SSSR count). The van der Waals surface area contributed by atoms with Gasteiger partial charge in [-0.15, -0.1) is 0 Å². The number of amides is 2. The molecule has 0 aliphatic carbocycles. The van der Waals surface area contributed by atoms with E-state index in [4.69, 9.17) is 5.11 Å². The maximum Gasteiger partial charge on any atom is 0.315 e. The molecule has 0 saturated heterocycles. The predicted octanol–water partition coefficient (Wildman–Crippen LogP) is 2.33. The normalized spacial score (nSPS) is 13.8. The largest absolute Gasteiger partial charge is 0.396 e. The van der Waals surface area contributed by atoms with Gasteiger partial charge in [-0.3, -0.25) is 0 Å². The number of fused-ring (bicyclic) bond motifs is 1. The highest BCUT2D eigenvalue weighted by Gasteiger charge is 2.13. The Kier molecular flexibility index (Phi) is 5.44. The molecule has 0 spiro atoms. The molecule has 1 aromatic heterocycles. The minimum absolute atomic E-state index is 0.0435. The first-order valence-corrected chi connectivity index (χ1v) is 7.73. The summed E-state index contributed by atoms with van der Waals surface area (Å²) in [5, 5.41) is 16.0. The molecule has 0 fully saturated rings. The number of aromatic nitrogens is 1. The molecule has 5 heteroatoms. The van der Waals surface area contributed by atoms with Crippen molar-refractivity contribution in [2.45, 2.75) is 33.2 Å². The van der Waals surface area contributed by atoms with E-state index in [9.17, 15) is 4.79 Å². The van der Waals surface area contributed by atoms with E-state index in [1.165, 1.54) is 16.5 Å². The third-order valence-electron chi connectivity index (χ3n) is 4.18. The molecule has 120 valence electrons. The van der Waals surface area contributed by atoms with E-state index < -0.39 is 0 Å². The Morgan fingerprint density at radius 1 is 1.36 bits per heavy atom. The van der Waals surface area contributed by atoms with E-state index in [0.717, 1.165) is 11.9 Å². The Labute approximate surface area is 131 Å². The summed E-state index contributed by atoms with van der Waals surface area (Å²) in [5.74, 6) is 0.0435. The SMILES string of the molecule is Cc1cccc2[nH]cc(CCNC(=O)NC(C)C(C)CO)c12. The number of hydrogen-bond donors (Lipinski definition) is 4. The first-order chi connectivity index (χ1) is 10.5. The molecule has 5 nitrogen and oxygen atoms in total. The summed E-state index contributed by atoms with van der Waals surface area (Å²) >= 11 is 0. The summed E-state index contributed by atoms with van der Waals surface area (Å²) in [6.45, 7) is 6.53. The second kappa shape index (κ2) is 7.31. The Hall–Kier alpha value is -2.01. The van der Waals surface area contributed by atoms with Crippen LogP contribution in [0.1, 0.15) is 25.0 Å². The quantitative estimate of drug-likeness (QED) is 0.661. The topological polar surface area (TPSA) is 77.2 Å². The van der Waals surface area contributed by atoms with E-state index in [-0.39, 0.29) is 24.6 Å². The lowest BCUT2D eigenvalue weighted by Crippen LogP contribution is -2.44. The number of urea groups is 1. The van der Waals surface area contributed by atoms with Crippen molar-refractivity contribution < 1.29 is 9.90 Å². The molecule has 22 heavy (non-hydrogen) atoms. The van der Waals surface area contributed by atoms with Crippen molar-refractivity contribution in [3.8, 4) is 0 Å². The second-order valence-electron chi connectivity index (χ2n) is 5.91. The summed E-state index contributed by atoms with van der Waals surface area (Å²) in [4.78, 5) is 15.1. The lowest BCUT2D eigenvalue weighted by molar-refractivity contribution is 0.200. The molecule has 0 aliphatic rings. The second-order valence-corrected chi connectivity index (χ2v) is 5.91. The number of aliphatic hydroxyl groups excluding tert-OH is 1. The van der Waals surface area contributed by atoms with Crippen LogP contribution >= 0.6 is 0 Å². The van der Waals surface area contributed by atoms with Crippen molar-refractivity contribution in [1.82, 2.24) is 15.6 Å². The number of aryl methyl sites for hydroxylation is 1. The van der Waals surface area contributed by atoms with Gasteiger partial charge in [0.05, 0.1) is 0 Å². The molecule has 0 aliphatic heterocycles. The molecule has 2 unspecified atom stereocenters. The van der Waals surface area contributed by atoms with Gasteiger partial charge in [0.1, 0.15) is 0 Å². The fraction of sp³-hybridized carbons (Fsp3) is 0.471. The van der Waals surface area contributed by atoms with E-state index in [0.29, 0.717) is 6.54 Å². The number of benzene rings is 1. The summed E-state index contributed by atoms with van der Waals surface area (Å²) < 4.78 is 0. The smallest absolute Gasteiger partial charge is 0.315 e. The van der Waals surface area contributed by atoms with Crippen LogP contribution in [0.4, 0.5) is 4.79 Å². The van der Waals surface area contributed by atoms with Crippen LogP contribution in [-0.2, 0) is 6.42 Å². The van der Waals surface area contributed by atoms with Crippen molar-refractivity contribution in [2.75, 3.05) is 13.2 Å². The fourth-order valence-electron chi connectivity index (χ4n) is 2.52. The van der Waals surface area contributed by atoms with Gasteiger partial charge in [0.15, 0.2) is 0 Å². The van der Waals surface area contributed by atoms with Crippen LogP contribution in [0.3, 0.4) is 0 Å². The van der Waals surface area contributed by atoms with Gasteiger partial charge in [0, 0.05) is 36.3 Å². The van der Waals surface area contributed by atoms with Crippen LogP contribution in [0.15, 0.2) is 24.4 Å². The first kappa shape index (κ1) is 16.4. The van der Waals surface area contributed by atoms with Gasteiger partial charge in [-0.25, -0.2) is 4.79 Å². The highest BCUT2D eigenvalue weighted by molar-refractivity contribution is 5.86. The number of hydrogen-bond acceptors (Lipinski definition) is 2. The minimum atomic E-state index is -0.190. The average molecular weight is 303 g/mol. The number of nitrogens with one attached hydrogen (secondary N) is 3. The van der Waals surface area contributed by atoms with Crippen molar-refractivity contribution in [3.05, 3.63) is 35.5 Å². The lowest BCUT2D eigenvalue weighted by atomic mass is 10.1. The van der Waals surface area contributed by atoms with Gasteiger partial charge in [0.25, 0.3) is 0 Å². The van der Waals surface area contributed by atoms with Gasteiger partial charge < -0.3 is 20.7 Å². The van der Waals surface area contributed by atoms with Gasteiger partial charge in [-0.2, -0.15) is 0 Å². The van der Waals surface area contributed by atoms with Crippen LogP contribution in [0.2, 0.25) is 0 Å². The van der Waals surface area contributed by atoms with Crippen molar-refractivity contribution in [2.24, 2.45) is 5.92 Å². The molecule has 2 atom stereocenters. The first-order valence-electron chi connectivity index (χ1n) is 7.73. The number of H-pyrrole nitrogens is 1. The Balaban J connectivity index is 1.87. The molecule has 0 saturated carbocycles. The molecule has 2 aromatic rings. The molecule has 4 N–H and O–H groups in total. The monoisotopic (exact) mass is 303 g/mol. The average Bonchev–Trinajstić information content (AvgIpc) is 2.91. The van der Waals surface area contributed by atoms with Gasteiger partial charge >= 0.3 is 6.03 Å². The van der Waals surface area contributed by atoms with Gasteiger partial charge in [-0.1, -0.05) is 19.1 Å². The Morgan fingerprint density at radius 3 is 2.86 bits per heavy atom. The van der Waals surface area contributed by atoms with Gasteiger partial charge in [-0.05, 0) is 43.4 Å². The molecule has 2 amide bonds. The minimum Gasteiger partial charge on any atom is -0.396 e. The van der Waals surface area contributed by atoms with E-state index in [2.05, 4.69) is 34.7 Å². The predicted molar refractivity (Wildman–Crippen MR) is 89.0 cm³/mol. The Bertz CT molecular complexity index is 636. The van der Waals surface area contributed by atoms with Crippen LogP contribution in [0.25, 0.3) is 10.9 Å². The highest BCUT2D eigenvalue weighted by atomic mass is 16.3. The van der Waals surface area contributed by atoms with Crippen molar-refractivity contribution in [3.63, 3.8) is 0 Å². The lowest BCUT2D eigenvalue weighted by Gasteiger charge is -2.19. The van der Waals surface area contributed by atoms with Crippen LogP contribution in [0.5, 0.6) is 0 Å². The highest BCUT2D eigenvalue weighted by Crippen LogP contribution is 2.22. The standard InChI is InChI=1S/C17H25N3O2/c1-11-5-4-6-15-16(11)14(9-19-15)7-8-18-17(22)20-13(3)12(2)10-21/h4-6,9,12-13,19,21H,7-8,10H2,1-3H3,(H2,18,20,22). The van der Waals surface area contributed by atoms with E-state index >= 15 is 0 Å². The summed E-state index contributed by atoms with van der Waals surface area (Å²) in [6, 6.07) is 5.94. The third kappa shape index (κ3) is 3.80. The Morgan fingerprint density at radius 2 is 2.14 bits per heavy atom. The number of carbonyl (C=O) groups excluding carboxylic acids is 1. The zero-order valence-corrected chi connectivity index (χ0v) is 13.4. The molecule has 0 bridgehead atoms. The maximum absolute atomic E-state index is 11.8. The zero-order valence-electron chi connectivity index (χ0n) is 13.4. The summed E-state index contributed by atoms with van der Waals surface area (Å²) in [7, 11) is 0. The van der Waals surface area contributed by atoms with E-state index in [1.54, 1.807) is 0 Å². The molecule has 1 aromatic carbocycles. The third-order valence-corrected chi connectivity index (χ3v) is 4.18. The van der Waals surface area contributed by atoms with Crippen molar-refractivity contribution in [1.29, 1.82) is 0 Å². The van der Waals surface area contributed by atoms with Crippen LogP contribution in [0, 0.1) is 12.8 Å². The van der Waals surface area contributed by atoms with Crippen LogP contribution in [-0.4, -0.2) is 35.3 Å². The molecular weight excluding hydrogens is 278 g/mol. The summed E-state index contributed by atoms with van der Waals surface area (Å²) in [5.41, 5.74) is 3.58. The van der Waals surface area contributed by atoms with E-state index in [1.807, 2.05) is 26.1 Å².